The molecule has 64 valence electrons. The molecule has 0 radical (unpaired) electrons. The minimum Gasteiger partial charge on any atom is -0.376 e. The Hall–Kier alpha value is -1.13. The highest BCUT2D eigenvalue weighted by Gasteiger charge is 1.98. The summed E-state index contributed by atoms with van der Waals surface area (Å²) < 4.78 is 0. The van der Waals surface area contributed by atoms with Crippen LogP contribution < -0.4 is 16.8 Å². The topological polar surface area (TPSA) is 64.1 Å². The van der Waals surface area contributed by atoms with Gasteiger partial charge in [0.15, 0.2) is 5.11 Å². The summed E-state index contributed by atoms with van der Waals surface area (Å²) in [5.74, 6) is 0. The van der Waals surface area contributed by atoms with Crippen LogP contribution in [0.5, 0.6) is 0 Å². The number of nitrogens with one attached hydrogen (secondary N) is 1. The molecule has 4 heteroatoms. The van der Waals surface area contributed by atoms with Gasteiger partial charge < -0.3 is 16.8 Å². The highest BCUT2D eigenvalue weighted by molar-refractivity contribution is 7.80. The van der Waals surface area contributed by atoms with Crippen LogP contribution in [0.15, 0.2) is 24.3 Å². The van der Waals surface area contributed by atoms with Crippen molar-refractivity contribution in [3.8, 4) is 0 Å². The van der Waals surface area contributed by atoms with E-state index in [0.29, 0.717) is 6.54 Å². The zero-order valence-corrected chi connectivity index (χ0v) is 7.40. The van der Waals surface area contributed by atoms with Crippen molar-refractivity contribution in [1.82, 2.24) is 0 Å². The average molecular weight is 181 g/mol. The first-order valence-electron chi connectivity index (χ1n) is 3.58. The van der Waals surface area contributed by atoms with Crippen molar-refractivity contribution in [3.05, 3.63) is 29.8 Å². The summed E-state index contributed by atoms with van der Waals surface area (Å²) in [5, 5.41) is 3.11. The molecule has 0 bridgehead atoms. The van der Waals surface area contributed by atoms with Gasteiger partial charge in [0, 0.05) is 12.2 Å². The number of thiocarbonyl (C=S) groups is 1. The van der Waals surface area contributed by atoms with E-state index in [1.807, 2.05) is 24.3 Å². The fraction of sp³-hybridized carbons (Fsp3) is 0.125. The van der Waals surface area contributed by atoms with E-state index in [2.05, 4.69) is 5.32 Å². The summed E-state index contributed by atoms with van der Waals surface area (Å²) in [7, 11) is 0. The van der Waals surface area contributed by atoms with Crippen molar-refractivity contribution < 1.29 is 0 Å². The largest absolute Gasteiger partial charge is 0.376 e. The lowest BCUT2D eigenvalue weighted by atomic mass is 10.2. The molecule has 12 heavy (non-hydrogen) atoms. The predicted molar refractivity (Wildman–Crippen MR) is 54.7 cm³/mol. The summed E-state index contributed by atoms with van der Waals surface area (Å²) >= 11 is 4.71. The first-order valence-corrected chi connectivity index (χ1v) is 3.99. The van der Waals surface area contributed by atoms with Crippen molar-refractivity contribution in [2.24, 2.45) is 11.5 Å². The zero-order chi connectivity index (χ0) is 8.97. The molecule has 1 rings (SSSR count). The van der Waals surface area contributed by atoms with Gasteiger partial charge in [0.05, 0.1) is 0 Å². The minimum atomic E-state index is 0.260. The number of nitrogens with two attached hydrogens (primary N) is 2. The fourth-order valence-electron chi connectivity index (χ4n) is 0.953. The van der Waals surface area contributed by atoms with Gasteiger partial charge in [-0.15, -0.1) is 0 Å². The van der Waals surface area contributed by atoms with Gasteiger partial charge in [0.2, 0.25) is 0 Å². The monoisotopic (exact) mass is 181 g/mol. The van der Waals surface area contributed by atoms with Crippen molar-refractivity contribution in [3.63, 3.8) is 0 Å². The summed E-state index contributed by atoms with van der Waals surface area (Å²) in [4.78, 5) is 0. The maximum Gasteiger partial charge on any atom is 0.168 e. The Bertz CT molecular complexity index is 285. The van der Waals surface area contributed by atoms with Gasteiger partial charge >= 0.3 is 0 Å². The van der Waals surface area contributed by atoms with E-state index in [4.69, 9.17) is 23.7 Å². The SMILES string of the molecule is NCc1ccccc1NC(N)=S. The lowest BCUT2D eigenvalue weighted by Crippen LogP contribution is -2.20. The summed E-state index contributed by atoms with van der Waals surface area (Å²) in [5.41, 5.74) is 12.7. The number of benzene rings is 1. The van der Waals surface area contributed by atoms with E-state index in [0.717, 1.165) is 11.3 Å². The Morgan fingerprint density at radius 1 is 1.42 bits per heavy atom. The van der Waals surface area contributed by atoms with Gasteiger partial charge in [-0.1, -0.05) is 18.2 Å². The molecule has 0 saturated carbocycles. The molecule has 1 aromatic carbocycles. The van der Waals surface area contributed by atoms with Crippen molar-refractivity contribution in [2.75, 3.05) is 5.32 Å². The summed E-state index contributed by atoms with van der Waals surface area (Å²) in [6.45, 7) is 0.478. The second kappa shape index (κ2) is 4.04. The molecule has 0 spiro atoms. The van der Waals surface area contributed by atoms with Gasteiger partial charge in [-0.2, -0.15) is 0 Å². The van der Waals surface area contributed by atoms with Crippen LogP contribution in [0.4, 0.5) is 5.69 Å². The van der Waals surface area contributed by atoms with Crippen LogP contribution in [0.3, 0.4) is 0 Å². The van der Waals surface area contributed by atoms with E-state index >= 15 is 0 Å². The Kier molecular flexibility index (Phi) is 3.01. The third-order valence-electron chi connectivity index (χ3n) is 1.50. The molecule has 0 aliphatic heterocycles. The van der Waals surface area contributed by atoms with Crippen LogP contribution in [0.25, 0.3) is 0 Å². The van der Waals surface area contributed by atoms with E-state index in [-0.39, 0.29) is 5.11 Å². The van der Waals surface area contributed by atoms with Crippen LogP contribution in [0.1, 0.15) is 5.56 Å². The summed E-state index contributed by atoms with van der Waals surface area (Å²) in [6.07, 6.45) is 0. The molecule has 0 aromatic heterocycles. The zero-order valence-electron chi connectivity index (χ0n) is 6.58. The van der Waals surface area contributed by atoms with Crippen LogP contribution in [0.2, 0.25) is 0 Å². The molecule has 0 aliphatic carbocycles. The number of rotatable bonds is 2. The number of para-hydroxylation sites is 1. The van der Waals surface area contributed by atoms with Gasteiger partial charge in [0.1, 0.15) is 0 Å². The molecule has 0 atom stereocenters. The molecular formula is C8H11N3S. The van der Waals surface area contributed by atoms with Gasteiger partial charge in [-0.25, -0.2) is 0 Å². The number of hydrogen-bond donors (Lipinski definition) is 3. The highest BCUT2D eigenvalue weighted by Crippen LogP contribution is 2.13. The highest BCUT2D eigenvalue weighted by atomic mass is 32.1. The quantitative estimate of drug-likeness (QED) is 0.590. The van der Waals surface area contributed by atoms with Crippen molar-refractivity contribution >= 4 is 23.0 Å². The third kappa shape index (κ3) is 2.18. The Labute approximate surface area is 76.7 Å². The van der Waals surface area contributed by atoms with Crippen LogP contribution >= 0.6 is 12.2 Å². The third-order valence-corrected chi connectivity index (χ3v) is 1.60. The molecule has 1 aromatic rings. The molecular weight excluding hydrogens is 170 g/mol. The molecule has 0 aliphatic rings. The molecule has 5 N–H and O–H groups in total. The lowest BCUT2D eigenvalue weighted by Gasteiger charge is -2.07. The van der Waals surface area contributed by atoms with E-state index in [9.17, 15) is 0 Å². The smallest absolute Gasteiger partial charge is 0.168 e. The predicted octanol–water partition coefficient (Wildman–Crippen LogP) is 0.801. The van der Waals surface area contributed by atoms with Gasteiger partial charge in [-0.05, 0) is 23.8 Å². The average Bonchev–Trinajstić information content (AvgIpc) is 2.04. The van der Waals surface area contributed by atoms with Crippen molar-refractivity contribution in [1.29, 1.82) is 0 Å². The minimum absolute atomic E-state index is 0.260. The standard InChI is InChI=1S/C8H11N3S/c9-5-6-3-1-2-4-7(6)11-8(10)12/h1-4H,5,9H2,(H3,10,11,12). The van der Waals surface area contributed by atoms with Crippen LogP contribution in [0, 0.1) is 0 Å². The van der Waals surface area contributed by atoms with E-state index in [1.165, 1.54) is 0 Å². The van der Waals surface area contributed by atoms with Gasteiger partial charge in [0.25, 0.3) is 0 Å². The first-order chi connectivity index (χ1) is 5.74. The molecule has 0 amide bonds. The van der Waals surface area contributed by atoms with Crippen LogP contribution in [-0.2, 0) is 6.54 Å². The fourth-order valence-corrected chi connectivity index (χ4v) is 1.06. The molecule has 3 nitrogen and oxygen atoms in total. The second-order valence-corrected chi connectivity index (χ2v) is 2.79. The van der Waals surface area contributed by atoms with Crippen LogP contribution in [-0.4, -0.2) is 5.11 Å². The second-order valence-electron chi connectivity index (χ2n) is 2.35. The summed E-state index contributed by atoms with van der Waals surface area (Å²) in [6, 6.07) is 7.65. The maximum atomic E-state index is 5.50. The Morgan fingerprint density at radius 2 is 2.08 bits per heavy atom. The number of anilines is 1. The van der Waals surface area contributed by atoms with E-state index in [1.54, 1.807) is 0 Å². The molecule has 0 fully saturated rings. The molecule has 0 unspecified atom stereocenters. The molecule has 0 saturated heterocycles. The number of hydrogen-bond acceptors (Lipinski definition) is 2. The van der Waals surface area contributed by atoms with Crippen molar-refractivity contribution in [2.45, 2.75) is 6.54 Å². The Balaban J connectivity index is 2.89. The normalized spacial score (nSPS) is 9.42. The maximum absolute atomic E-state index is 5.50. The molecule has 0 heterocycles. The lowest BCUT2D eigenvalue weighted by molar-refractivity contribution is 1.07. The Morgan fingerprint density at radius 3 is 2.67 bits per heavy atom. The first kappa shape index (κ1) is 8.96. The van der Waals surface area contributed by atoms with E-state index < -0.39 is 0 Å². The van der Waals surface area contributed by atoms with Gasteiger partial charge in [-0.3, -0.25) is 0 Å².